The first-order chi connectivity index (χ1) is 7.65. The van der Waals surface area contributed by atoms with E-state index in [4.69, 9.17) is 5.73 Å². The van der Waals surface area contributed by atoms with Crippen molar-refractivity contribution in [2.75, 3.05) is 5.73 Å². The molecule has 1 aromatic carbocycles. The summed E-state index contributed by atoms with van der Waals surface area (Å²) in [5.41, 5.74) is 7.01. The Morgan fingerprint density at radius 3 is 2.94 bits per heavy atom. The molecule has 0 saturated carbocycles. The first-order valence-electron chi connectivity index (χ1n) is 4.68. The fraction of sp³-hybridized carbons (Fsp3) is 0.200. The van der Waals surface area contributed by atoms with Gasteiger partial charge in [0.1, 0.15) is 5.82 Å². The Bertz CT molecular complexity index is 497. The Morgan fingerprint density at radius 1 is 1.50 bits per heavy atom. The summed E-state index contributed by atoms with van der Waals surface area (Å²) in [6, 6.07) is 4.39. The van der Waals surface area contributed by atoms with Gasteiger partial charge >= 0.3 is 0 Å². The highest BCUT2D eigenvalue weighted by Crippen LogP contribution is 2.27. The predicted molar refractivity (Wildman–Crippen MR) is 61.4 cm³/mol. The van der Waals surface area contributed by atoms with Crippen molar-refractivity contribution >= 4 is 17.4 Å². The van der Waals surface area contributed by atoms with Crippen LogP contribution in [0.4, 0.5) is 10.1 Å². The number of aromatic nitrogens is 3. The van der Waals surface area contributed by atoms with Crippen LogP contribution < -0.4 is 5.73 Å². The summed E-state index contributed by atoms with van der Waals surface area (Å²) in [6.45, 7) is 0. The van der Waals surface area contributed by atoms with Gasteiger partial charge in [0.2, 0.25) is 0 Å². The fourth-order valence-electron chi connectivity index (χ4n) is 1.26. The van der Waals surface area contributed by atoms with Gasteiger partial charge in [-0.05, 0) is 18.2 Å². The maximum Gasteiger partial charge on any atom is 0.125 e. The molecule has 6 heteroatoms. The van der Waals surface area contributed by atoms with Gasteiger partial charge < -0.3 is 5.73 Å². The molecule has 4 nitrogen and oxygen atoms in total. The normalized spacial score (nSPS) is 10.6. The SMILES string of the molecule is Cn1cc(CSc2ccc(F)cc2N)nn1. The lowest BCUT2D eigenvalue weighted by molar-refractivity contribution is 0.627. The summed E-state index contributed by atoms with van der Waals surface area (Å²) < 4.78 is 14.4. The Kier molecular flexibility index (Phi) is 3.09. The molecule has 0 spiro atoms. The molecule has 2 rings (SSSR count). The number of benzene rings is 1. The fourth-order valence-corrected chi connectivity index (χ4v) is 2.09. The van der Waals surface area contributed by atoms with Crippen LogP contribution in [0.2, 0.25) is 0 Å². The van der Waals surface area contributed by atoms with Gasteiger partial charge in [0.15, 0.2) is 0 Å². The smallest absolute Gasteiger partial charge is 0.125 e. The second-order valence-electron chi connectivity index (χ2n) is 3.35. The number of nitrogens with two attached hydrogens (primary N) is 1. The monoisotopic (exact) mass is 238 g/mol. The molecular formula is C10H11FN4S. The van der Waals surface area contributed by atoms with E-state index in [9.17, 15) is 4.39 Å². The molecule has 1 aromatic heterocycles. The molecule has 0 atom stereocenters. The lowest BCUT2D eigenvalue weighted by atomic mass is 10.3. The lowest BCUT2D eigenvalue weighted by Crippen LogP contribution is -1.90. The summed E-state index contributed by atoms with van der Waals surface area (Å²) >= 11 is 1.51. The van der Waals surface area contributed by atoms with E-state index in [1.807, 2.05) is 13.2 Å². The third kappa shape index (κ3) is 2.52. The van der Waals surface area contributed by atoms with E-state index < -0.39 is 0 Å². The van der Waals surface area contributed by atoms with E-state index in [2.05, 4.69) is 10.3 Å². The molecular weight excluding hydrogens is 227 g/mol. The van der Waals surface area contributed by atoms with Gasteiger partial charge in [0.05, 0.1) is 5.69 Å². The highest BCUT2D eigenvalue weighted by molar-refractivity contribution is 7.98. The molecule has 0 aliphatic rings. The van der Waals surface area contributed by atoms with E-state index in [-0.39, 0.29) is 5.82 Å². The van der Waals surface area contributed by atoms with Gasteiger partial charge in [0.25, 0.3) is 0 Å². The number of aryl methyl sites for hydroxylation is 1. The number of rotatable bonds is 3. The van der Waals surface area contributed by atoms with E-state index >= 15 is 0 Å². The first kappa shape index (κ1) is 10.9. The largest absolute Gasteiger partial charge is 0.398 e. The molecule has 0 bridgehead atoms. The first-order valence-corrected chi connectivity index (χ1v) is 5.67. The van der Waals surface area contributed by atoms with Crippen LogP contribution in [0.3, 0.4) is 0 Å². The maximum atomic E-state index is 12.8. The average Bonchev–Trinajstić information content (AvgIpc) is 2.63. The van der Waals surface area contributed by atoms with Crippen LogP contribution in [0.25, 0.3) is 0 Å². The van der Waals surface area contributed by atoms with E-state index in [0.29, 0.717) is 11.4 Å². The summed E-state index contributed by atoms with van der Waals surface area (Å²) in [7, 11) is 1.81. The zero-order valence-corrected chi connectivity index (χ0v) is 9.54. The number of nitrogens with zero attached hydrogens (tertiary/aromatic N) is 3. The molecule has 0 aliphatic carbocycles. The van der Waals surface area contributed by atoms with Gasteiger partial charge in [-0.3, -0.25) is 4.68 Å². The van der Waals surface area contributed by atoms with E-state index in [1.54, 1.807) is 10.7 Å². The number of nitrogen functional groups attached to an aromatic ring is 1. The molecule has 0 unspecified atom stereocenters. The topological polar surface area (TPSA) is 56.7 Å². The van der Waals surface area contributed by atoms with Crippen molar-refractivity contribution in [2.24, 2.45) is 7.05 Å². The van der Waals surface area contributed by atoms with Gasteiger partial charge in [0, 0.05) is 29.6 Å². The van der Waals surface area contributed by atoms with Crippen LogP contribution >= 0.6 is 11.8 Å². The molecule has 84 valence electrons. The van der Waals surface area contributed by atoms with Crippen molar-refractivity contribution in [3.63, 3.8) is 0 Å². The number of hydrogen-bond acceptors (Lipinski definition) is 4. The Morgan fingerprint density at radius 2 is 2.31 bits per heavy atom. The molecule has 2 aromatic rings. The molecule has 2 N–H and O–H groups in total. The van der Waals surface area contributed by atoms with Crippen molar-refractivity contribution in [1.82, 2.24) is 15.0 Å². The van der Waals surface area contributed by atoms with Crippen LogP contribution in [0.5, 0.6) is 0 Å². The van der Waals surface area contributed by atoms with Crippen LogP contribution in [-0.4, -0.2) is 15.0 Å². The predicted octanol–water partition coefficient (Wildman–Crippen LogP) is 1.83. The minimum absolute atomic E-state index is 0.318. The van der Waals surface area contributed by atoms with Gasteiger partial charge in [-0.25, -0.2) is 4.39 Å². The number of anilines is 1. The van der Waals surface area contributed by atoms with Crippen molar-refractivity contribution in [2.45, 2.75) is 10.6 Å². The average molecular weight is 238 g/mol. The Balaban J connectivity index is 2.04. The Labute approximate surface area is 96.6 Å². The maximum absolute atomic E-state index is 12.8. The highest BCUT2D eigenvalue weighted by Gasteiger charge is 2.04. The highest BCUT2D eigenvalue weighted by atomic mass is 32.2. The molecule has 0 saturated heterocycles. The summed E-state index contributed by atoms with van der Waals surface area (Å²) in [4.78, 5) is 0.854. The van der Waals surface area contributed by atoms with Crippen LogP contribution in [0, 0.1) is 5.82 Å². The third-order valence-corrected chi connectivity index (χ3v) is 3.12. The zero-order chi connectivity index (χ0) is 11.5. The summed E-state index contributed by atoms with van der Waals surface area (Å²) in [5, 5.41) is 7.78. The summed E-state index contributed by atoms with van der Waals surface area (Å²) in [5.74, 6) is 0.352. The van der Waals surface area contributed by atoms with Crippen molar-refractivity contribution in [3.8, 4) is 0 Å². The lowest BCUT2D eigenvalue weighted by Gasteiger charge is -2.03. The number of halogens is 1. The van der Waals surface area contributed by atoms with Crippen LogP contribution in [-0.2, 0) is 12.8 Å². The van der Waals surface area contributed by atoms with Crippen molar-refractivity contribution in [1.29, 1.82) is 0 Å². The summed E-state index contributed by atoms with van der Waals surface area (Å²) in [6.07, 6.45) is 1.84. The standard InChI is InChI=1S/C10H11FN4S/c1-15-5-8(13-14-15)6-16-10-3-2-7(11)4-9(10)12/h2-5H,6,12H2,1H3. The van der Waals surface area contributed by atoms with Crippen molar-refractivity contribution in [3.05, 3.63) is 35.9 Å². The van der Waals surface area contributed by atoms with Crippen molar-refractivity contribution < 1.29 is 4.39 Å². The van der Waals surface area contributed by atoms with Crippen LogP contribution in [0.15, 0.2) is 29.3 Å². The zero-order valence-electron chi connectivity index (χ0n) is 8.72. The number of thioether (sulfide) groups is 1. The minimum atomic E-state index is -0.318. The van der Waals surface area contributed by atoms with E-state index in [1.165, 1.54) is 23.9 Å². The molecule has 0 fully saturated rings. The van der Waals surface area contributed by atoms with E-state index in [0.717, 1.165) is 10.6 Å². The molecule has 0 amide bonds. The Hall–Kier alpha value is -1.56. The molecule has 0 aliphatic heterocycles. The second kappa shape index (κ2) is 4.52. The van der Waals surface area contributed by atoms with Gasteiger partial charge in [-0.15, -0.1) is 16.9 Å². The minimum Gasteiger partial charge on any atom is -0.398 e. The molecule has 1 heterocycles. The quantitative estimate of drug-likeness (QED) is 0.654. The molecule has 0 radical (unpaired) electrons. The van der Waals surface area contributed by atoms with Gasteiger partial charge in [-0.1, -0.05) is 5.21 Å². The molecule has 16 heavy (non-hydrogen) atoms. The van der Waals surface area contributed by atoms with Gasteiger partial charge in [-0.2, -0.15) is 0 Å². The third-order valence-electron chi connectivity index (χ3n) is 2.00. The second-order valence-corrected chi connectivity index (χ2v) is 4.37. The van der Waals surface area contributed by atoms with Crippen LogP contribution in [0.1, 0.15) is 5.69 Å². The number of hydrogen-bond donors (Lipinski definition) is 1.